The fourth-order valence-corrected chi connectivity index (χ4v) is 4.35. The van der Waals surface area contributed by atoms with Crippen LogP contribution >= 0.6 is 11.6 Å². The second kappa shape index (κ2) is 12.5. The molecule has 0 unspecified atom stereocenters. The highest BCUT2D eigenvalue weighted by Crippen LogP contribution is 2.30. The zero-order valence-electron chi connectivity index (χ0n) is 20.9. The molecule has 38 heavy (non-hydrogen) atoms. The smallest absolute Gasteiger partial charge is 0.416 e. The molecule has 4 rings (SSSR count). The lowest BCUT2D eigenvalue weighted by molar-refractivity contribution is -0.137. The third-order valence-electron chi connectivity index (χ3n) is 6.41. The van der Waals surface area contributed by atoms with Crippen molar-refractivity contribution in [3.8, 4) is 5.75 Å². The number of halogens is 4. The van der Waals surface area contributed by atoms with Crippen LogP contribution in [-0.2, 0) is 17.5 Å². The lowest BCUT2D eigenvalue weighted by Crippen LogP contribution is -2.50. The molecule has 0 aromatic heterocycles. The fraction of sp³-hybridized carbons (Fsp3) is 0.321. The van der Waals surface area contributed by atoms with Crippen LogP contribution in [-0.4, -0.2) is 55.7 Å². The monoisotopic (exact) mass is 547 g/mol. The maximum atomic E-state index is 12.9. The molecule has 10 heteroatoms. The van der Waals surface area contributed by atoms with Crippen molar-refractivity contribution in [3.63, 3.8) is 0 Å². The van der Waals surface area contributed by atoms with E-state index < -0.39 is 11.7 Å². The molecule has 1 aliphatic heterocycles. The van der Waals surface area contributed by atoms with E-state index in [0.717, 1.165) is 17.7 Å². The summed E-state index contributed by atoms with van der Waals surface area (Å²) in [7, 11) is 1.56. The number of carbonyl (C=O) groups is 1. The van der Waals surface area contributed by atoms with Crippen LogP contribution < -0.4 is 10.1 Å². The van der Waals surface area contributed by atoms with Crippen LogP contribution in [0.3, 0.4) is 0 Å². The number of hydrogen-bond donors (Lipinski definition) is 1. The SMILES string of the molecule is COc1ccccc1NC(=O)N1CCN(C[C@@H](OCc2ccc(C(F)(F)F)cc2)c2ccc(Cl)cc2)CC1. The van der Waals surface area contributed by atoms with Crippen molar-refractivity contribution in [2.75, 3.05) is 45.2 Å². The number of nitrogens with zero attached hydrogens (tertiary/aromatic N) is 2. The summed E-state index contributed by atoms with van der Waals surface area (Å²) in [5, 5.41) is 3.51. The first-order valence-corrected chi connectivity index (χ1v) is 12.6. The van der Waals surface area contributed by atoms with Gasteiger partial charge in [-0.15, -0.1) is 0 Å². The highest BCUT2D eigenvalue weighted by atomic mass is 35.5. The van der Waals surface area contributed by atoms with Gasteiger partial charge < -0.3 is 19.7 Å². The van der Waals surface area contributed by atoms with Gasteiger partial charge in [-0.2, -0.15) is 13.2 Å². The number of nitrogens with one attached hydrogen (secondary N) is 1. The predicted molar refractivity (Wildman–Crippen MR) is 140 cm³/mol. The van der Waals surface area contributed by atoms with Crippen LogP contribution in [0.15, 0.2) is 72.8 Å². The van der Waals surface area contributed by atoms with Gasteiger partial charge in [-0.3, -0.25) is 4.90 Å². The van der Waals surface area contributed by atoms with Crippen LogP contribution in [0.1, 0.15) is 22.8 Å². The minimum absolute atomic E-state index is 0.159. The fourth-order valence-electron chi connectivity index (χ4n) is 4.23. The molecule has 1 atom stereocenters. The highest BCUT2D eigenvalue weighted by Gasteiger charge is 2.30. The van der Waals surface area contributed by atoms with E-state index in [9.17, 15) is 18.0 Å². The number of amides is 2. The average Bonchev–Trinajstić information content (AvgIpc) is 2.92. The number of carbonyl (C=O) groups excluding carboxylic acids is 1. The molecule has 0 bridgehead atoms. The zero-order chi connectivity index (χ0) is 27.1. The molecular formula is C28H29ClF3N3O3. The van der Waals surface area contributed by atoms with Crippen LogP contribution in [0.4, 0.5) is 23.7 Å². The molecule has 1 fully saturated rings. The van der Waals surface area contributed by atoms with Crippen molar-refractivity contribution in [1.82, 2.24) is 9.80 Å². The van der Waals surface area contributed by atoms with Crippen LogP contribution in [0.2, 0.25) is 5.02 Å². The van der Waals surface area contributed by atoms with E-state index in [1.54, 1.807) is 36.3 Å². The third kappa shape index (κ3) is 7.40. The van der Waals surface area contributed by atoms with Gasteiger partial charge >= 0.3 is 12.2 Å². The van der Waals surface area contributed by atoms with Crippen molar-refractivity contribution in [1.29, 1.82) is 0 Å². The number of benzene rings is 3. The first-order valence-electron chi connectivity index (χ1n) is 12.2. The van der Waals surface area contributed by atoms with Gasteiger partial charge in [0.2, 0.25) is 0 Å². The number of anilines is 1. The number of urea groups is 1. The summed E-state index contributed by atoms with van der Waals surface area (Å²) >= 11 is 6.06. The molecule has 0 radical (unpaired) electrons. The summed E-state index contributed by atoms with van der Waals surface area (Å²) in [6.07, 6.45) is -4.71. The minimum Gasteiger partial charge on any atom is -0.495 e. The summed E-state index contributed by atoms with van der Waals surface area (Å²) in [6, 6.07) is 19.4. The molecule has 1 N–H and O–H groups in total. The summed E-state index contributed by atoms with van der Waals surface area (Å²) in [5.41, 5.74) is 1.48. The molecule has 202 valence electrons. The number of hydrogen-bond acceptors (Lipinski definition) is 4. The van der Waals surface area contributed by atoms with Crippen molar-refractivity contribution in [2.24, 2.45) is 0 Å². The van der Waals surface area contributed by atoms with Crippen molar-refractivity contribution in [3.05, 3.63) is 94.5 Å². The molecule has 1 aliphatic rings. The molecule has 3 aromatic carbocycles. The Morgan fingerprint density at radius 1 is 0.974 bits per heavy atom. The highest BCUT2D eigenvalue weighted by molar-refractivity contribution is 6.30. The number of piperazine rings is 1. The van der Waals surface area contributed by atoms with E-state index in [1.807, 2.05) is 24.3 Å². The Labute approximate surface area is 224 Å². The van der Waals surface area contributed by atoms with Gasteiger partial charge in [0.05, 0.1) is 31.1 Å². The second-order valence-corrected chi connectivity index (χ2v) is 9.40. The summed E-state index contributed by atoms with van der Waals surface area (Å²) < 4.78 is 50.2. The van der Waals surface area contributed by atoms with Gasteiger partial charge in [0.15, 0.2) is 0 Å². The predicted octanol–water partition coefficient (Wildman–Crippen LogP) is 6.48. The van der Waals surface area contributed by atoms with Gasteiger partial charge in [-0.05, 0) is 47.5 Å². The number of methoxy groups -OCH3 is 1. The molecular weight excluding hydrogens is 519 g/mol. The van der Waals surface area contributed by atoms with Gasteiger partial charge in [-0.1, -0.05) is 48.0 Å². The van der Waals surface area contributed by atoms with Crippen molar-refractivity contribution >= 4 is 23.3 Å². The Kier molecular flexibility index (Phi) is 9.14. The molecule has 6 nitrogen and oxygen atoms in total. The topological polar surface area (TPSA) is 54.0 Å². The number of para-hydroxylation sites is 2. The Balaban J connectivity index is 1.36. The van der Waals surface area contributed by atoms with Gasteiger partial charge in [0, 0.05) is 37.7 Å². The lowest BCUT2D eigenvalue weighted by atomic mass is 10.1. The van der Waals surface area contributed by atoms with Gasteiger partial charge in [0.1, 0.15) is 5.75 Å². The van der Waals surface area contributed by atoms with E-state index in [-0.39, 0.29) is 18.7 Å². The molecule has 1 saturated heterocycles. The number of ether oxygens (including phenoxy) is 2. The standard InChI is InChI=1S/C28H29ClF3N3O3/c1-37-25-5-3-2-4-24(25)33-27(36)35-16-14-34(15-17-35)18-26(21-8-12-23(29)13-9-21)38-19-20-6-10-22(11-7-20)28(30,31)32/h2-13,26H,14-19H2,1H3,(H,33,36)/t26-/m1/s1. The molecule has 0 aliphatic carbocycles. The maximum absolute atomic E-state index is 12.9. The normalized spacial score (nSPS) is 15.2. The average molecular weight is 548 g/mol. The Bertz CT molecular complexity index is 1200. The van der Waals surface area contributed by atoms with Crippen LogP contribution in [0, 0.1) is 0 Å². The Morgan fingerprint density at radius 2 is 1.63 bits per heavy atom. The maximum Gasteiger partial charge on any atom is 0.416 e. The quantitative estimate of drug-likeness (QED) is 0.351. The molecule has 3 aromatic rings. The van der Waals surface area contributed by atoms with Crippen molar-refractivity contribution in [2.45, 2.75) is 18.9 Å². The number of rotatable bonds is 8. The van der Waals surface area contributed by atoms with E-state index in [1.165, 1.54) is 12.1 Å². The second-order valence-electron chi connectivity index (χ2n) is 8.96. The third-order valence-corrected chi connectivity index (χ3v) is 6.66. The Morgan fingerprint density at radius 3 is 2.26 bits per heavy atom. The van der Waals surface area contributed by atoms with Crippen LogP contribution in [0.25, 0.3) is 0 Å². The lowest BCUT2D eigenvalue weighted by Gasteiger charge is -2.36. The Hall–Kier alpha value is -3.27. The molecule has 2 amide bonds. The minimum atomic E-state index is -4.38. The first kappa shape index (κ1) is 27.8. The van der Waals surface area contributed by atoms with Gasteiger partial charge in [-0.25, -0.2) is 4.79 Å². The van der Waals surface area contributed by atoms with Gasteiger partial charge in [0.25, 0.3) is 0 Å². The van der Waals surface area contributed by atoms with Crippen molar-refractivity contribution < 1.29 is 27.4 Å². The summed E-state index contributed by atoms with van der Waals surface area (Å²) in [4.78, 5) is 16.8. The first-order chi connectivity index (χ1) is 18.2. The van der Waals surface area contributed by atoms with E-state index in [2.05, 4.69) is 10.2 Å². The van der Waals surface area contributed by atoms with Crippen LogP contribution in [0.5, 0.6) is 5.75 Å². The molecule has 1 heterocycles. The zero-order valence-corrected chi connectivity index (χ0v) is 21.6. The van der Waals surface area contributed by atoms with E-state index >= 15 is 0 Å². The van der Waals surface area contributed by atoms with E-state index in [4.69, 9.17) is 21.1 Å². The number of alkyl halides is 3. The molecule has 0 spiro atoms. The van der Waals surface area contributed by atoms with E-state index in [0.29, 0.717) is 54.7 Å². The molecule has 0 saturated carbocycles. The summed E-state index contributed by atoms with van der Waals surface area (Å²) in [6.45, 7) is 3.08. The summed E-state index contributed by atoms with van der Waals surface area (Å²) in [5.74, 6) is 0.593. The largest absolute Gasteiger partial charge is 0.495 e.